The van der Waals surface area contributed by atoms with Crippen molar-refractivity contribution < 1.29 is 27.5 Å². The number of nitrogens with one attached hydrogen (secondary N) is 1. The molecule has 1 aromatic rings. The Hall–Kier alpha value is -2.29. The number of halogens is 3. The van der Waals surface area contributed by atoms with Crippen molar-refractivity contribution in [3.8, 4) is 0 Å². The van der Waals surface area contributed by atoms with Gasteiger partial charge in [0.25, 0.3) is 0 Å². The maximum absolute atomic E-state index is 12.8. The van der Waals surface area contributed by atoms with Crippen molar-refractivity contribution in [2.45, 2.75) is 51.9 Å². The van der Waals surface area contributed by atoms with Crippen molar-refractivity contribution >= 4 is 12.0 Å². The average Bonchev–Trinajstić information content (AvgIpc) is 2.64. The standard InChI is InChI=1S/C21H30F3N3O3/c1-20(2,3)30-19(29)25-9-5-8-18(28)27-12-10-26(11-13-27)15-16-6-4-7-17(14-16)21(22,23)24/h4,6-7,14H,5,8-13,15H2,1-3H3,(H,25,29). The quantitative estimate of drug-likeness (QED) is 0.702. The fraction of sp³-hybridized carbons (Fsp3) is 0.619. The summed E-state index contributed by atoms with van der Waals surface area (Å²) in [4.78, 5) is 27.7. The molecular weight excluding hydrogens is 399 g/mol. The number of alkyl halides is 3. The molecule has 1 aliphatic rings. The number of benzene rings is 1. The number of amides is 2. The normalized spacial score (nSPS) is 15.7. The van der Waals surface area contributed by atoms with Gasteiger partial charge in [-0.2, -0.15) is 13.2 Å². The number of piperazine rings is 1. The number of nitrogens with zero attached hydrogens (tertiary/aromatic N) is 2. The SMILES string of the molecule is CC(C)(C)OC(=O)NCCCC(=O)N1CCN(Cc2cccc(C(F)(F)F)c2)CC1. The van der Waals surface area contributed by atoms with Gasteiger partial charge in [0.05, 0.1) is 5.56 Å². The van der Waals surface area contributed by atoms with Gasteiger partial charge in [-0.3, -0.25) is 9.69 Å². The summed E-state index contributed by atoms with van der Waals surface area (Å²) >= 11 is 0. The van der Waals surface area contributed by atoms with Crippen molar-refractivity contribution in [3.63, 3.8) is 0 Å². The maximum Gasteiger partial charge on any atom is 0.416 e. The number of alkyl carbamates (subject to hydrolysis) is 1. The summed E-state index contributed by atoms with van der Waals surface area (Å²) in [6.45, 7) is 8.42. The Balaban J connectivity index is 1.69. The van der Waals surface area contributed by atoms with E-state index in [1.165, 1.54) is 12.1 Å². The predicted octanol–water partition coefficient (Wildman–Crippen LogP) is 3.65. The fourth-order valence-corrected chi connectivity index (χ4v) is 3.16. The van der Waals surface area contributed by atoms with Crippen molar-refractivity contribution in [3.05, 3.63) is 35.4 Å². The Kier molecular flexibility index (Phi) is 8.11. The first kappa shape index (κ1) is 24.0. The van der Waals surface area contributed by atoms with E-state index in [0.29, 0.717) is 57.7 Å². The lowest BCUT2D eigenvalue weighted by molar-refractivity contribution is -0.137. The van der Waals surface area contributed by atoms with E-state index in [4.69, 9.17) is 4.74 Å². The predicted molar refractivity (Wildman–Crippen MR) is 107 cm³/mol. The summed E-state index contributed by atoms with van der Waals surface area (Å²) in [5.41, 5.74) is -0.597. The molecule has 0 unspecified atom stereocenters. The zero-order valence-corrected chi connectivity index (χ0v) is 17.7. The Morgan fingerprint density at radius 1 is 1.10 bits per heavy atom. The first-order chi connectivity index (χ1) is 13.9. The lowest BCUT2D eigenvalue weighted by Crippen LogP contribution is -2.48. The summed E-state index contributed by atoms with van der Waals surface area (Å²) < 4.78 is 43.7. The van der Waals surface area contributed by atoms with Crippen LogP contribution in [-0.4, -0.2) is 60.1 Å². The molecule has 0 saturated carbocycles. The summed E-state index contributed by atoms with van der Waals surface area (Å²) in [7, 11) is 0. The van der Waals surface area contributed by atoms with Crippen LogP contribution in [-0.2, 0) is 22.3 Å². The maximum atomic E-state index is 12.8. The summed E-state index contributed by atoms with van der Waals surface area (Å²) in [6, 6.07) is 5.35. The molecule has 0 atom stereocenters. The first-order valence-corrected chi connectivity index (χ1v) is 10.1. The Morgan fingerprint density at radius 2 is 1.77 bits per heavy atom. The molecule has 1 heterocycles. The Labute approximate surface area is 175 Å². The second-order valence-electron chi connectivity index (χ2n) is 8.39. The lowest BCUT2D eigenvalue weighted by Gasteiger charge is -2.35. The van der Waals surface area contributed by atoms with Crippen molar-refractivity contribution in [2.75, 3.05) is 32.7 Å². The van der Waals surface area contributed by atoms with Crippen LogP contribution >= 0.6 is 0 Å². The van der Waals surface area contributed by atoms with Crippen LogP contribution in [0.25, 0.3) is 0 Å². The molecule has 6 nitrogen and oxygen atoms in total. The van der Waals surface area contributed by atoms with Crippen LogP contribution in [0.15, 0.2) is 24.3 Å². The average molecular weight is 429 g/mol. The molecule has 0 aromatic heterocycles. The van der Waals surface area contributed by atoms with E-state index in [1.54, 1.807) is 31.7 Å². The van der Waals surface area contributed by atoms with E-state index in [-0.39, 0.29) is 5.91 Å². The molecule has 1 aliphatic heterocycles. The summed E-state index contributed by atoms with van der Waals surface area (Å²) in [6.07, 6.45) is -4.01. The largest absolute Gasteiger partial charge is 0.444 e. The second-order valence-corrected chi connectivity index (χ2v) is 8.39. The van der Waals surface area contributed by atoms with E-state index in [0.717, 1.165) is 6.07 Å². The number of carbonyl (C=O) groups excluding carboxylic acids is 2. The number of ether oxygens (including phenoxy) is 1. The van der Waals surface area contributed by atoms with Gasteiger partial charge in [0.2, 0.25) is 5.91 Å². The third-order valence-electron chi connectivity index (χ3n) is 4.62. The zero-order chi connectivity index (χ0) is 22.4. The van der Waals surface area contributed by atoms with Gasteiger partial charge in [-0.25, -0.2) is 4.79 Å². The highest BCUT2D eigenvalue weighted by Crippen LogP contribution is 2.29. The minimum atomic E-state index is -4.35. The highest BCUT2D eigenvalue weighted by atomic mass is 19.4. The van der Waals surface area contributed by atoms with E-state index in [1.807, 2.05) is 4.90 Å². The van der Waals surface area contributed by atoms with Crippen LogP contribution < -0.4 is 5.32 Å². The fourth-order valence-electron chi connectivity index (χ4n) is 3.16. The molecular formula is C21H30F3N3O3. The van der Waals surface area contributed by atoms with Crippen molar-refractivity contribution in [1.29, 1.82) is 0 Å². The molecule has 1 saturated heterocycles. The molecule has 0 bridgehead atoms. The Bertz CT molecular complexity index is 724. The first-order valence-electron chi connectivity index (χ1n) is 10.1. The monoisotopic (exact) mass is 429 g/mol. The molecule has 1 fully saturated rings. The van der Waals surface area contributed by atoms with Crippen LogP contribution in [0.1, 0.15) is 44.7 Å². The minimum absolute atomic E-state index is 0.0136. The number of hydrogen-bond acceptors (Lipinski definition) is 4. The van der Waals surface area contributed by atoms with Gasteiger partial charge in [0, 0.05) is 45.7 Å². The molecule has 9 heteroatoms. The van der Waals surface area contributed by atoms with Gasteiger partial charge in [-0.05, 0) is 38.8 Å². The van der Waals surface area contributed by atoms with Gasteiger partial charge in [0.1, 0.15) is 5.60 Å². The topological polar surface area (TPSA) is 61.9 Å². The van der Waals surface area contributed by atoms with Crippen molar-refractivity contribution in [1.82, 2.24) is 15.1 Å². The summed E-state index contributed by atoms with van der Waals surface area (Å²) in [5.74, 6) is 0.0136. The molecule has 2 rings (SSSR count). The number of hydrogen-bond donors (Lipinski definition) is 1. The molecule has 0 aliphatic carbocycles. The van der Waals surface area contributed by atoms with Gasteiger partial charge >= 0.3 is 12.3 Å². The van der Waals surface area contributed by atoms with Crippen LogP contribution in [0, 0.1) is 0 Å². The second kappa shape index (κ2) is 10.1. The molecule has 1 aromatic carbocycles. The van der Waals surface area contributed by atoms with Gasteiger partial charge in [-0.15, -0.1) is 0 Å². The molecule has 168 valence electrons. The van der Waals surface area contributed by atoms with Gasteiger partial charge in [-0.1, -0.05) is 18.2 Å². The smallest absolute Gasteiger partial charge is 0.416 e. The zero-order valence-electron chi connectivity index (χ0n) is 17.7. The molecule has 1 N–H and O–H groups in total. The third kappa shape index (κ3) is 8.22. The van der Waals surface area contributed by atoms with Crippen LogP contribution in [0.5, 0.6) is 0 Å². The number of carbonyl (C=O) groups is 2. The van der Waals surface area contributed by atoms with E-state index >= 15 is 0 Å². The lowest BCUT2D eigenvalue weighted by atomic mass is 10.1. The highest BCUT2D eigenvalue weighted by molar-refractivity contribution is 5.76. The molecule has 2 amide bonds. The molecule has 0 spiro atoms. The van der Waals surface area contributed by atoms with E-state index in [2.05, 4.69) is 5.32 Å². The minimum Gasteiger partial charge on any atom is -0.444 e. The van der Waals surface area contributed by atoms with Gasteiger partial charge in [0.15, 0.2) is 0 Å². The van der Waals surface area contributed by atoms with Crippen LogP contribution in [0.3, 0.4) is 0 Å². The van der Waals surface area contributed by atoms with Crippen molar-refractivity contribution in [2.24, 2.45) is 0 Å². The summed E-state index contributed by atoms with van der Waals surface area (Å²) in [5, 5.41) is 2.63. The van der Waals surface area contributed by atoms with Gasteiger partial charge < -0.3 is 15.0 Å². The van der Waals surface area contributed by atoms with Crippen LogP contribution in [0.4, 0.5) is 18.0 Å². The number of rotatable bonds is 6. The third-order valence-corrected chi connectivity index (χ3v) is 4.62. The highest BCUT2D eigenvalue weighted by Gasteiger charge is 2.30. The Morgan fingerprint density at radius 3 is 2.37 bits per heavy atom. The van der Waals surface area contributed by atoms with Crippen LogP contribution in [0.2, 0.25) is 0 Å². The van der Waals surface area contributed by atoms with E-state index < -0.39 is 23.4 Å². The van der Waals surface area contributed by atoms with E-state index in [9.17, 15) is 22.8 Å². The molecule has 0 radical (unpaired) electrons. The molecule has 30 heavy (non-hydrogen) atoms.